The van der Waals surface area contributed by atoms with Crippen molar-refractivity contribution in [3.05, 3.63) is 41.4 Å². The van der Waals surface area contributed by atoms with Crippen LogP contribution in [0.15, 0.2) is 30.9 Å². The molecule has 0 aromatic heterocycles. The van der Waals surface area contributed by atoms with Crippen LogP contribution in [0.25, 0.3) is 0 Å². The number of amides is 4. The number of fused-ring (bicyclic) bond motifs is 2. The monoisotopic (exact) mass is 348 g/mol. The second kappa shape index (κ2) is 6.52. The first-order valence-electron chi connectivity index (χ1n) is 7.56. The molecule has 0 aliphatic carbocycles. The molecule has 24 heavy (non-hydrogen) atoms. The molecule has 3 rings (SSSR count). The Labute approximate surface area is 144 Å². The summed E-state index contributed by atoms with van der Waals surface area (Å²) < 4.78 is 0. The van der Waals surface area contributed by atoms with Crippen LogP contribution < -0.4 is 16.0 Å². The van der Waals surface area contributed by atoms with Gasteiger partial charge in [-0.2, -0.15) is 0 Å². The van der Waals surface area contributed by atoms with Crippen molar-refractivity contribution in [1.29, 1.82) is 0 Å². The summed E-state index contributed by atoms with van der Waals surface area (Å²) in [6.45, 7) is 4.15. The topological polar surface area (TPSA) is 90.5 Å². The molecule has 1 aromatic rings. The smallest absolute Gasteiger partial charge is 0.315 e. The van der Waals surface area contributed by atoms with Crippen molar-refractivity contribution in [2.24, 2.45) is 0 Å². The Hall–Kier alpha value is -2.54. The Morgan fingerprint density at radius 2 is 2.25 bits per heavy atom. The second-order valence-electron chi connectivity index (χ2n) is 5.73. The number of carbonyl (C=O) groups is 3. The summed E-state index contributed by atoms with van der Waals surface area (Å²) in [4.78, 5) is 38.4. The Balaban J connectivity index is 1.77. The third kappa shape index (κ3) is 3.07. The zero-order valence-corrected chi connectivity index (χ0v) is 13.6. The summed E-state index contributed by atoms with van der Waals surface area (Å²) in [5, 5.41) is 8.57. The second-order valence-corrected chi connectivity index (χ2v) is 6.16. The highest BCUT2D eigenvalue weighted by Gasteiger charge is 2.43. The van der Waals surface area contributed by atoms with Gasteiger partial charge >= 0.3 is 6.03 Å². The molecule has 0 spiro atoms. The van der Waals surface area contributed by atoms with Gasteiger partial charge in [0.15, 0.2) is 0 Å². The molecular formula is C16H17ClN4O3. The molecule has 3 N–H and O–H groups in total. The zero-order chi connectivity index (χ0) is 17.3. The van der Waals surface area contributed by atoms with Gasteiger partial charge in [0.1, 0.15) is 6.04 Å². The van der Waals surface area contributed by atoms with E-state index in [2.05, 4.69) is 22.5 Å². The molecule has 0 radical (unpaired) electrons. The highest BCUT2D eigenvalue weighted by atomic mass is 35.5. The molecule has 7 nitrogen and oxygen atoms in total. The minimum atomic E-state index is -0.617. The van der Waals surface area contributed by atoms with Crippen LogP contribution in [0.3, 0.4) is 0 Å². The molecule has 2 atom stereocenters. The van der Waals surface area contributed by atoms with Gasteiger partial charge in [-0.1, -0.05) is 17.7 Å². The molecule has 1 fully saturated rings. The van der Waals surface area contributed by atoms with Crippen LogP contribution >= 0.6 is 11.6 Å². The number of urea groups is 1. The van der Waals surface area contributed by atoms with E-state index >= 15 is 0 Å². The van der Waals surface area contributed by atoms with Crippen LogP contribution in [-0.2, 0) is 4.79 Å². The lowest BCUT2D eigenvalue weighted by molar-refractivity contribution is -0.119. The Bertz CT molecular complexity index is 721. The lowest BCUT2D eigenvalue weighted by Gasteiger charge is -2.20. The summed E-state index contributed by atoms with van der Waals surface area (Å²) in [5.41, 5.74) is 0.812. The molecule has 8 heteroatoms. The predicted octanol–water partition coefficient (Wildman–Crippen LogP) is 1.36. The quantitative estimate of drug-likeness (QED) is 0.720. The molecule has 126 valence electrons. The minimum Gasteiger partial charge on any atom is -0.335 e. The number of rotatable bonds is 3. The van der Waals surface area contributed by atoms with Gasteiger partial charge in [0.2, 0.25) is 5.91 Å². The number of halogens is 1. The maximum atomic E-state index is 12.7. The molecule has 1 aromatic carbocycles. The van der Waals surface area contributed by atoms with E-state index in [0.717, 1.165) is 0 Å². The first-order chi connectivity index (χ1) is 11.5. The van der Waals surface area contributed by atoms with Crippen molar-refractivity contribution in [3.63, 3.8) is 0 Å². The number of carbonyl (C=O) groups excluding carboxylic acids is 3. The Morgan fingerprint density at radius 1 is 1.46 bits per heavy atom. The van der Waals surface area contributed by atoms with E-state index < -0.39 is 6.04 Å². The first-order valence-corrected chi connectivity index (χ1v) is 7.94. The summed E-state index contributed by atoms with van der Waals surface area (Å²) in [5.74, 6) is -0.527. The van der Waals surface area contributed by atoms with Crippen molar-refractivity contribution in [2.75, 3.05) is 18.4 Å². The predicted molar refractivity (Wildman–Crippen MR) is 90.0 cm³/mol. The van der Waals surface area contributed by atoms with Crippen LogP contribution in [0.4, 0.5) is 10.5 Å². The van der Waals surface area contributed by atoms with Crippen molar-refractivity contribution < 1.29 is 14.4 Å². The molecule has 2 aliphatic rings. The van der Waals surface area contributed by atoms with E-state index in [-0.39, 0.29) is 30.4 Å². The van der Waals surface area contributed by atoms with Crippen LogP contribution in [-0.4, -0.2) is 47.9 Å². The van der Waals surface area contributed by atoms with Gasteiger partial charge < -0.3 is 20.9 Å². The standard InChI is InChI=1S/C16H17ClN4O3/c1-2-5-18-16(24)19-10-7-13-14(22)20-12-6-9(17)3-4-11(12)15(23)21(13)8-10/h2-4,6,10,13H,1,5,7-8H2,(H,20,22)(H2,18,19,24)/t10-,13-/m1/s1. The molecule has 2 aliphatic heterocycles. The van der Waals surface area contributed by atoms with Gasteiger partial charge in [-0.05, 0) is 24.6 Å². The van der Waals surface area contributed by atoms with Gasteiger partial charge in [-0.3, -0.25) is 9.59 Å². The minimum absolute atomic E-state index is 0.249. The number of nitrogens with one attached hydrogen (secondary N) is 3. The number of hydrogen-bond donors (Lipinski definition) is 3. The summed E-state index contributed by atoms with van der Waals surface area (Å²) in [7, 11) is 0. The van der Waals surface area contributed by atoms with Crippen molar-refractivity contribution >= 4 is 35.1 Å². The Kier molecular flexibility index (Phi) is 4.44. The van der Waals surface area contributed by atoms with Crippen molar-refractivity contribution in [2.45, 2.75) is 18.5 Å². The molecule has 4 amide bonds. The highest BCUT2D eigenvalue weighted by Crippen LogP contribution is 2.30. The van der Waals surface area contributed by atoms with Crippen LogP contribution in [0.5, 0.6) is 0 Å². The molecule has 0 bridgehead atoms. The number of nitrogens with zero attached hydrogens (tertiary/aromatic N) is 1. The van der Waals surface area contributed by atoms with Crippen LogP contribution in [0.1, 0.15) is 16.8 Å². The maximum Gasteiger partial charge on any atom is 0.315 e. The first kappa shape index (κ1) is 16.3. The normalized spacial score (nSPS) is 22.1. The van der Waals surface area contributed by atoms with E-state index in [1.54, 1.807) is 24.3 Å². The highest BCUT2D eigenvalue weighted by molar-refractivity contribution is 6.31. The SMILES string of the molecule is C=CCNC(=O)N[C@@H]1C[C@@H]2C(=O)Nc3cc(Cl)ccc3C(=O)N2C1. The fourth-order valence-electron chi connectivity index (χ4n) is 2.99. The average Bonchev–Trinajstić information content (AvgIpc) is 2.92. The van der Waals surface area contributed by atoms with Crippen LogP contribution in [0.2, 0.25) is 5.02 Å². The van der Waals surface area contributed by atoms with E-state index in [9.17, 15) is 14.4 Å². The maximum absolute atomic E-state index is 12.7. The fraction of sp³-hybridized carbons (Fsp3) is 0.312. The average molecular weight is 349 g/mol. The van der Waals surface area contributed by atoms with Gasteiger partial charge in [0.05, 0.1) is 17.3 Å². The van der Waals surface area contributed by atoms with E-state index in [1.165, 1.54) is 4.90 Å². The molecule has 0 saturated carbocycles. The lowest BCUT2D eigenvalue weighted by Crippen LogP contribution is -2.44. The molecule has 0 unspecified atom stereocenters. The molecular weight excluding hydrogens is 332 g/mol. The van der Waals surface area contributed by atoms with Gasteiger partial charge in [0, 0.05) is 18.1 Å². The van der Waals surface area contributed by atoms with E-state index in [0.29, 0.717) is 29.2 Å². The zero-order valence-electron chi connectivity index (χ0n) is 12.8. The lowest BCUT2D eigenvalue weighted by atomic mass is 10.1. The molecule has 1 saturated heterocycles. The van der Waals surface area contributed by atoms with Crippen molar-refractivity contribution in [3.8, 4) is 0 Å². The van der Waals surface area contributed by atoms with Gasteiger partial charge in [0.25, 0.3) is 5.91 Å². The largest absolute Gasteiger partial charge is 0.335 e. The van der Waals surface area contributed by atoms with Crippen molar-refractivity contribution in [1.82, 2.24) is 15.5 Å². The third-order valence-electron chi connectivity index (χ3n) is 4.08. The number of hydrogen-bond acceptors (Lipinski definition) is 3. The summed E-state index contributed by atoms with van der Waals surface area (Å²) in [6, 6.07) is 3.52. The van der Waals surface area contributed by atoms with Crippen LogP contribution in [0, 0.1) is 0 Å². The van der Waals surface area contributed by atoms with E-state index in [4.69, 9.17) is 11.6 Å². The summed E-state index contributed by atoms with van der Waals surface area (Å²) in [6.07, 6.45) is 1.93. The van der Waals surface area contributed by atoms with E-state index in [1.807, 2.05) is 0 Å². The van der Waals surface area contributed by atoms with Gasteiger partial charge in [-0.15, -0.1) is 6.58 Å². The number of benzene rings is 1. The Morgan fingerprint density at radius 3 is 3.00 bits per heavy atom. The number of anilines is 1. The molecule has 2 heterocycles. The fourth-order valence-corrected chi connectivity index (χ4v) is 3.16. The van der Waals surface area contributed by atoms with Gasteiger partial charge in [-0.25, -0.2) is 4.79 Å². The third-order valence-corrected chi connectivity index (χ3v) is 4.31. The summed E-state index contributed by atoms with van der Waals surface area (Å²) >= 11 is 5.93.